The van der Waals surface area contributed by atoms with Gasteiger partial charge in [-0.25, -0.2) is 0 Å². The Kier molecular flexibility index (Phi) is 3.51. The Balaban J connectivity index is 2.21. The third kappa shape index (κ3) is 2.68. The summed E-state index contributed by atoms with van der Waals surface area (Å²) in [7, 11) is 0. The van der Waals surface area contributed by atoms with E-state index in [2.05, 4.69) is 36.5 Å². The zero-order valence-electron chi connectivity index (χ0n) is 10.8. The zero-order chi connectivity index (χ0) is 12.3. The van der Waals surface area contributed by atoms with Crippen LogP contribution in [0.3, 0.4) is 0 Å². The molecule has 0 aliphatic heterocycles. The largest absolute Gasteiger partial charge is 0.355 e. The van der Waals surface area contributed by atoms with Gasteiger partial charge in [0, 0.05) is 18.9 Å². The summed E-state index contributed by atoms with van der Waals surface area (Å²) in [5.74, 6) is 0.0726. The number of benzene rings is 1. The van der Waals surface area contributed by atoms with Crippen LogP contribution >= 0.6 is 0 Å². The first-order valence-corrected chi connectivity index (χ1v) is 6.44. The summed E-state index contributed by atoms with van der Waals surface area (Å²) in [4.78, 5) is 11.1. The quantitative estimate of drug-likeness (QED) is 0.851. The molecular weight excluding hydrogens is 210 g/mol. The van der Waals surface area contributed by atoms with Crippen LogP contribution in [-0.4, -0.2) is 12.5 Å². The van der Waals surface area contributed by atoms with Gasteiger partial charge in [-0.1, -0.05) is 42.7 Å². The van der Waals surface area contributed by atoms with Gasteiger partial charge >= 0.3 is 0 Å². The minimum atomic E-state index is 0.0726. The average molecular weight is 231 g/mol. The second-order valence-corrected chi connectivity index (χ2v) is 5.26. The summed E-state index contributed by atoms with van der Waals surface area (Å²) in [6.07, 6.45) is 4.92. The lowest BCUT2D eigenvalue weighted by Crippen LogP contribution is -2.38. The minimum absolute atomic E-state index is 0.0726. The lowest BCUT2D eigenvalue weighted by atomic mass is 9.78. The molecule has 0 heterocycles. The molecular formula is C15H21NO. The van der Waals surface area contributed by atoms with Gasteiger partial charge in [-0.2, -0.15) is 0 Å². The highest BCUT2D eigenvalue weighted by Crippen LogP contribution is 2.40. The lowest BCUT2D eigenvalue weighted by molar-refractivity contribution is -0.119. The molecule has 1 aliphatic carbocycles. The Hall–Kier alpha value is -1.31. The molecule has 17 heavy (non-hydrogen) atoms. The Morgan fingerprint density at radius 2 is 1.82 bits per heavy atom. The summed E-state index contributed by atoms with van der Waals surface area (Å²) >= 11 is 0. The number of hydrogen-bond donors (Lipinski definition) is 1. The molecule has 1 aromatic carbocycles. The maximum absolute atomic E-state index is 11.1. The van der Waals surface area contributed by atoms with E-state index in [0.717, 1.165) is 6.54 Å². The maximum atomic E-state index is 11.1. The number of carbonyl (C=O) groups is 1. The highest BCUT2D eigenvalue weighted by atomic mass is 16.1. The summed E-state index contributed by atoms with van der Waals surface area (Å²) in [6, 6.07) is 8.79. The zero-order valence-corrected chi connectivity index (χ0v) is 10.8. The van der Waals surface area contributed by atoms with Crippen LogP contribution < -0.4 is 5.32 Å². The second kappa shape index (κ2) is 4.91. The van der Waals surface area contributed by atoms with Crippen molar-refractivity contribution < 1.29 is 4.79 Å². The van der Waals surface area contributed by atoms with Crippen LogP contribution in [0.25, 0.3) is 0 Å². The first-order chi connectivity index (χ1) is 8.12. The van der Waals surface area contributed by atoms with Crippen molar-refractivity contribution in [2.24, 2.45) is 0 Å². The third-order valence-corrected chi connectivity index (χ3v) is 3.90. The van der Waals surface area contributed by atoms with Crippen LogP contribution in [0.5, 0.6) is 0 Å². The monoisotopic (exact) mass is 231 g/mol. The fourth-order valence-electron chi connectivity index (χ4n) is 2.82. The summed E-state index contributed by atoms with van der Waals surface area (Å²) in [5, 5.41) is 3.00. The van der Waals surface area contributed by atoms with Crippen LogP contribution in [0, 0.1) is 6.92 Å². The van der Waals surface area contributed by atoms with E-state index >= 15 is 0 Å². The van der Waals surface area contributed by atoms with Crippen molar-refractivity contribution in [2.75, 3.05) is 6.54 Å². The number of rotatable bonds is 3. The summed E-state index contributed by atoms with van der Waals surface area (Å²) in [6.45, 7) is 4.49. The number of amides is 1. The SMILES string of the molecule is CC(=O)NCC1(c2ccc(C)cc2)CCCC1. The fourth-order valence-corrected chi connectivity index (χ4v) is 2.82. The molecule has 1 saturated carbocycles. The van der Waals surface area contributed by atoms with Gasteiger partial charge in [0.25, 0.3) is 0 Å². The van der Waals surface area contributed by atoms with Gasteiger partial charge in [-0.05, 0) is 25.3 Å². The smallest absolute Gasteiger partial charge is 0.216 e. The highest BCUT2D eigenvalue weighted by molar-refractivity contribution is 5.73. The molecule has 0 atom stereocenters. The van der Waals surface area contributed by atoms with E-state index in [1.807, 2.05) is 0 Å². The molecule has 1 aromatic rings. The van der Waals surface area contributed by atoms with E-state index in [0.29, 0.717) is 0 Å². The number of aryl methyl sites for hydroxylation is 1. The molecule has 1 aliphatic rings. The number of carbonyl (C=O) groups excluding carboxylic acids is 1. The van der Waals surface area contributed by atoms with Crippen LogP contribution in [0.2, 0.25) is 0 Å². The highest BCUT2D eigenvalue weighted by Gasteiger charge is 2.35. The molecule has 0 spiro atoms. The van der Waals surface area contributed by atoms with Gasteiger partial charge < -0.3 is 5.32 Å². The first-order valence-electron chi connectivity index (χ1n) is 6.44. The fraction of sp³-hybridized carbons (Fsp3) is 0.533. The average Bonchev–Trinajstić information content (AvgIpc) is 2.77. The summed E-state index contributed by atoms with van der Waals surface area (Å²) < 4.78 is 0. The maximum Gasteiger partial charge on any atom is 0.216 e. The van der Waals surface area contributed by atoms with Crippen molar-refractivity contribution in [1.82, 2.24) is 5.32 Å². The van der Waals surface area contributed by atoms with Crippen LogP contribution in [-0.2, 0) is 10.2 Å². The van der Waals surface area contributed by atoms with Crippen LogP contribution in [0.1, 0.15) is 43.7 Å². The Morgan fingerprint density at radius 1 is 1.24 bits per heavy atom. The molecule has 0 aromatic heterocycles. The second-order valence-electron chi connectivity index (χ2n) is 5.26. The van der Waals surface area contributed by atoms with Crippen molar-refractivity contribution in [2.45, 2.75) is 44.9 Å². The number of nitrogens with one attached hydrogen (secondary N) is 1. The van der Waals surface area contributed by atoms with Crippen molar-refractivity contribution in [3.05, 3.63) is 35.4 Å². The van der Waals surface area contributed by atoms with Crippen LogP contribution in [0.4, 0.5) is 0 Å². The molecule has 1 fully saturated rings. The molecule has 1 amide bonds. The molecule has 0 radical (unpaired) electrons. The van der Waals surface area contributed by atoms with Crippen molar-refractivity contribution >= 4 is 5.91 Å². The molecule has 92 valence electrons. The standard InChI is InChI=1S/C15H21NO/c1-12-5-7-14(8-6-12)15(9-3-4-10-15)11-16-13(2)17/h5-8H,3-4,9-11H2,1-2H3,(H,16,17). The van der Waals surface area contributed by atoms with Crippen molar-refractivity contribution in [1.29, 1.82) is 0 Å². The van der Waals surface area contributed by atoms with E-state index in [1.165, 1.54) is 36.8 Å². The van der Waals surface area contributed by atoms with E-state index in [4.69, 9.17) is 0 Å². The molecule has 2 nitrogen and oxygen atoms in total. The van der Waals surface area contributed by atoms with Crippen molar-refractivity contribution in [3.63, 3.8) is 0 Å². The Morgan fingerprint density at radius 3 is 2.35 bits per heavy atom. The number of hydrogen-bond acceptors (Lipinski definition) is 1. The van der Waals surface area contributed by atoms with Crippen molar-refractivity contribution in [3.8, 4) is 0 Å². The van der Waals surface area contributed by atoms with Crippen LogP contribution in [0.15, 0.2) is 24.3 Å². The van der Waals surface area contributed by atoms with Gasteiger partial charge in [0.05, 0.1) is 0 Å². The molecule has 2 rings (SSSR count). The lowest BCUT2D eigenvalue weighted by Gasteiger charge is -2.30. The predicted molar refractivity (Wildman–Crippen MR) is 70.0 cm³/mol. The Bertz CT molecular complexity index is 388. The molecule has 1 N–H and O–H groups in total. The minimum Gasteiger partial charge on any atom is -0.355 e. The van der Waals surface area contributed by atoms with E-state index < -0.39 is 0 Å². The van der Waals surface area contributed by atoms with Gasteiger partial charge in [0.2, 0.25) is 5.91 Å². The van der Waals surface area contributed by atoms with Gasteiger partial charge in [-0.15, -0.1) is 0 Å². The first kappa shape index (κ1) is 12.2. The van der Waals surface area contributed by atoms with E-state index in [9.17, 15) is 4.79 Å². The molecule has 0 bridgehead atoms. The normalized spacial score (nSPS) is 18.0. The molecule has 2 heteroatoms. The predicted octanol–water partition coefficient (Wildman–Crippen LogP) is 2.94. The van der Waals surface area contributed by atoms with Gasteiger partial charge in [0.1, 0.15) is 0 Å². The topological polar surface area (TPSA) is 29.1 Å². The summed E-state index contributed by atoms with van der Waals surface area (Å²) in [5.41, 5.74) is 2.86. The van der Waals surface area contributed by atoms with Gasteiger partial charge in [0.15, 0.2) is 0 Å². The molecule has 0 saturated heterocycles. The van der Waals surface area contributed by atoms with E-state index in [1.54, 1.807) is 6.92 Å². The Labute approximate surface area is 103 Å². The van der Waals surface area contributed by atoms with E-state index in [-0.39, 0.29) is 11.3 Å². The third-order valence-electron chi connectivity index (χ3n) is 3.90. The van der Waals surface area contributed by atoms with Gasteiger partial charge in [-0.3, -0.25) is 4.79 Å². The molecule has 0 unspecified atom stereocenters.